The number of ether oxygens (including phenoxy) is 1. The average Bonchev–Trinajstić information content (AvgIpc) is 2.95. The van der Waals surface area contributed by atoms with Crippen LogP contribution in [-0.4, -0.2) is 41.9 Å². The van der Waals surface area contributed by atoms with Gasteiger partial charge in [-0.2, -0.15) is 0 Å². The molecule has 2 aromatic heterocycles. The first kappa shape index (κ1) is 15.9. The van der Waals surface area contributed by atoms with E-state index in [2.05, 4.69) is 15.4 Å². The van der Waals surface area contributed by atoms with Crippen molar-refractivity contribution in [2.24, 2.45) is 0 Å². The second-order valence-corrected chi connectivity index (χ2v) is 5.62. The lowest BCUT2D eigenvalue weighted by Crippen LogP contribution is -2.22. The molecule has 23 heavy (non-hydrogen) atoms. The van der Waals surface area contributed by atoms with Gasteiger partial charge in [-0.25, -0.2) is 9.97 Å². The van der Waals surface area contributed by atoms with Crippen LogP contribution in [0.1, 0.15) is 29.7 Å². The summed E-state index contributed by atoms with van der Waals surface area (Å²) < 4.78 is 10.4. The maximum absolute atomic E-state index is 5.50. The normalized spacial score (nSPS) is 14.3. The van der Waals surface area contributed by atoms with Crippen molar-refractivity contribution in [3.63, 3.8) is 0 Å². The summed E-state index contributed by atoms with van der Waals surface area (Å²) in [6, 6.07) is 1.87. The van der Waals surface area contributed by atoms with Gasteiger partial charge < -0.3 is 19.5 Å². The summed E-state index contributed by atoms with van der Waals surface area (Å²) in [6.45, 7) is 5.64. The monoisotopic (exact) mass is 317 g/mol. The van der Waals surface area contributed by atoms with E-state index in [9.17, 15) is 0 Å². The van der Waals surface area contributed by atoms with E-state index in [4.69, 9.17) is 19.2 Å². The Morgan fingerprint density at radius 3 is 2.96 bits per heavy atom. The Hall–Kier alpha value is -1.99. The molecule has 0 spiro atoms. The molecule has 1 aliphatic rings. The summed E-state index contributed by atoms with van der Waals surface area (Å²) in [6.07, 6.45) is 3.44. The zero-order chi connectivity index (χ0) is 16.1. The molecule has 0 saturated carbocycles. The fraction of sp³-hybridized carbons (Fsp3) is 0.562. The zero-order valence-corrected chi connectivity index (χ0v) is 13.7. The molecule has 7 nitrogen and oxygen atoms in total. The van der Waals surface area contributed by atoms with E-state index < -0.39 is 0 Å². The standard InChI is InChI=1S/C16H23N5O2/c1-3-22-11-15-18-14-5-8-17-7-4-13(14)16(19-15)21(2)10-12-6-9-23-20-12/h6,9,17H,3-5,7-8,10-11H2,1-2H3. The van der Waals surface area contributed by atoms with Gasteiger partial charge in [0.25, 0.3) is 0 Å². The molecule has 0 amide bonds. The minimum Gasteiger partial charge on any atom is -0.374 e. The van der Waals surface area contributed by atoms with Gasteiger partial charge in [-0.3, -0.25) is 0 Å². The summed E-state index contributed by atoms with van der Waals surface area (Å²) in [5, 5.41) is 7.41. The molecular weight excluding hydrogens is 294 g/mol. The van der Waals surface area contributed by atoms with E-state index >= 15 is 0 Å². The molecule has 0 fully saturated rings. The Balaban J connectivity index is 1.91. The number of nitrogens with one attached hydrogen (secondary N) is 1. The molecule has 3 rings (SSSR count). The van der Waals surface area contributed by atoms with Crippen molar-refractivity contribution in [3.05, 3.63) is 35.1 Å². The van der Waals surface area contributed by atoms with Crippen molar-refractivity contribution < 1.29 is 9.26 Å². The van der Waals surface area contributed by atoms with Crippen LogP contribution in [0.15, 0.2) is 16.9 Å². The molecule has 3 heterocycles. The van der Waals surface area contributed by atoms with Crippen molar-refractivity contribution in [2.75, 3.05) is 31.6 Å². The minimum absolute atomic E-state index is 0.446. The number of hydrogen-bond acceptors (Lipinski definition) is 7. The Bertz CT molecular complexity index is 630. The third-order valence-electron chi connectivity index (χ3n) is 3.89. The van der Waals surface area contributed by atoms with Gasteiger partial charge in [0.2, 0.25) is 0 Å². The Kier molecular flexibility index (Phi) is 5.19. The quantitative estimate of drug-likeness (QED) is 0.861. The summed E-state index contributed by atoms with van der Waals surface area (Å²) in [5.41, 5.74) is 3.24. The summed E-state index contributed by atoms with van der Waals surface area (Å²) in [4.78, 5) is 11.6. The van der Waals surface area contributed by atoms with E-state index in [1.54, 1.807) is 6.26 Å². The van der Waals surface area contributed by atoms with Crippen LogP contribution < -0.4 is 10.2 Å². The highest BCUT2D eigenvalue weighted by atomic mass is 16.5. The van der Waals surface area contributed by atoms with Gasteiger partial charge in [-0.15, -0.1) is 0 Å². The van der Waals surface area contributed by atoms with Crippen molar-refractivity contribution >= 4 is 5.82 Å². The fourth-order valence-electron chi connectivity index (χ4n) is 2.79. The highest BCUT2D eigenvalue weighted by molar-refractivity contribution is 5.49. The molecule has 0 saturated heterocycles. The van der Waals surface area contributed by atoms with Crippen molar-refractivity contribution in [1.29, 1.82) is 0 Å². The first-order valence-corrected chi connectivity index (χ1v) is 8.05. The smallest absolute Gasteiger partial charge is 0.156 e. The lowest BCUT2D eigenvalue weighted by molar-refractivity contribution is 0.128. The largest absolute Gasteiger partial charge is 0.374 e. The second kappa shape index (κ2) is 7.52. The number of aromatic nitrogens is 3. The van der Waals surface area contributed by atoms with Crippen LogP contribution in [-0.2, 0) is 30.7 Å². The average molecular weight is 317 g/mol. The summed E-state index contributed by atoms with van der Waals surface area (Å²) in [5.74, 6) is 1.71. The number of nitrogens with zero attached hydrogens (tertiary/aromatic N) is 4. The maximum Gasteiger partial charge on any atom is 0.156 e. The highest BCUT2D eigenvalue weighted by Crippen LogP contribution is 2.24. The van der Waals surface area contributed by atoms with E-state index in [1.807, 2.05) is 20.0 Å². The molecule has 0 bridgehead atoms. The lowest BCUT2D eigenvalue weighted by atomic mass is 10.1. The van der Waals surface area contributed by atoms with E-state index in [-0.39, 0.29) is 0 Å². The SMILES string of the molecule is CCOCc1nc2c(c(N(C)Cc3ccon3)n1)CCNCC2. The zero-order valence-electron chi connectivity index (χ0n) is 13.7. The predicted molar refractivity (Wildman–Crippen MR) is 86.2 cm³/mol. The van der Waals surface area contributed by atoms with E-state index in [1.165, 1.54) is 5.56 Å². The molecule has 0 aliphatic carbocycles. The van der Waals surface area contributed by atoms with Gasteiger partial charge in [0.05, 0.1) is 12.2 Å². The fourth-order valence-corrected chi connectivity index (χ4v) is 2.79. The van der Waals surface area contributed by atoms with Gasteiger partial charge in [-0.1, -0.05) is 5.16 Å². The molecular formula is C16H23N5O2. The van der Waals surface area contributed by atoms with Crippen molar-refractivity contribution in [3.8, 4) is 0 Å². The molecule has 7 heteroatoms. The van der Waals surface area contributed by atoms with Crippen LogP contribution in [0.2, 0.25) is 0 Å². The number of hydrogen-bond donors (Lipinski definition) is 1. The van der Waals surface area contributed by atoms with Crippen molar-refractivity contribution in [2.45, 2.75) is 32.9 Å². The molecule has 2 aromatic rings. The number of anilines is 1. The molecule has 1 N–H and O–H groups in total. The lowest BCUT2D eigenvalue weighted by Gasteiger charge is -2.22. The van der Waals surface area contributed by atoms with Gasteiger partial charge >= 0.3 is 0 Å². The third kappa shape index (κ3) is 3.86. The number of fused-ring (bicyclic) bond motifs is 1. The van der Waals surface area contributed by atoms with Crippen molar-refractivity contribution in [1.82, 2.24) is 20.4 Å². The van der Waals surface area contributed by atoms with Gasteiger partial charge in [0.15, 0.2) is 5.82 Å². The van der Waals surface area contributed by atoms with Crippen LogP contribution in [0, 0.1) is 0 Å². The summed E-state index contributed by atoms with van der Waals surface area (Å²) >= 11 is 0. The molecule has 0 radical (unpaired) electrons. The van der Waals surface area contributed by atoms with Crippen LogP contribution in [0.3, 0.4) is 0 Å². The molecule has 1 aliphatic heterocycles. The van der Waals surface area contributed by atoms with Crippen LogP contribution >= 0.6 is 0 Å². The maximum atomic E-state index is 5.50. The van der Waals surface area contributed by atoms with E-state index in [0.29, 0.717) is 19.8 Å². The molecule has 124 valence electrons. The molecule has 0 aromatic carbocycles. The third-order valence-corrected chi connectivity index (χ3v) is 3.89. The Labute approximate surface area is 136 Å². The second-order valence-electron chi connectivity index (χ2n) is 5.62. The first-order valence-electron chi connectivity index (χ1n) is 8.05. The van der Waals surface area contributed by atoms with Gasteiger partial charge in [0, 0.05) is 38.2 Å². The summed E-state index contributed by atoms with van der Waals surface area (Å²) in [7, 11) is 2.03. The first-order chi connectivity index (χ1) is 11.3. The molecule has 0 atom stereocenters. The van der Waals surface area contributed by atoms with Crippen LogP contribution in [0.5, 0.6) is 0 Å². The topological polar surface area (TPSA) is 76.3 Å². The van der Waals surface area contributed by atoms with Gasteiger partial charge in [0.1, 0.15) is 24.4 Å². The minimum atomic E-state index is 0.446. The van der Waals surface area contributed by atoms with Crippen LogP contribution in [0.4, 0.5) is 5.82 Å². The Morgan fingerprint density at radius 1 is 1.30 bits per heavy atom. The Morgan fingerprint density at radius 2 is 2.17 bits per heavy atom. The predicted octanol–water partition coefficient (Wildman–Crippen LogP) is 1.33. The number of rotatable bonds is 6. The molecule has 0 unspecified atom stereocenters. The van der Waals surface area contributed by atoms with Crippen LogP contribution in [0.25, 0.3) is 0 Å². The van der Waals surface area contributed by atoms with Gasteiger partial charge in [-0.05, 0) is 19.9 Å². The highest BCUT2D eigenvalue weighted by Gasteiger charge is 2.19. The van der Waals surface area contributed by atoms with E-state index in [0.717, 1.165) is 49.0 Å².